The molecular formula is C19H27NO3. The molecule has 0 saturated carbocycles. The van der Waals surface area contributed by atoms with E-state index < -0.39 is 5.79 Å². The number of benzene rings is 1. The van der Waals surface area contributed by atoms with E-state index in [4.69, 9.17) is 9.47 Å². The van der Waals surface area contributed by atoms with E-state index in [2.05, 4.69) is 36.1 Å². The summed E-state index contributed by atoms with van der Waals surface area (Å²) in [5, 5.41) is 0. The number of ether oxygens (including phenoxy) is 2. The highest BCUT2D eigenvalue weighted by atomic mass is 16.7. The SMILES string of the molecule is CCCC[C@]1(OCC)OC(=O)[C@H]2CN(Cc3ccccc3)C[C@H]21. The maximum atomic E-state index is 12.4. The number of unbranched alkanes of at least 4 members (excludes halogenated alkanes) is 1. The molecule has 0 aromatic heterocycles. The van der Waals surface area contributed by atoms with Gasteiger partial charge in [-0.3, -0.25) is 9.69 Å². The van der Waals surface area contributed by atoms with Crippen molar-refractivity contribution < 1.29 is 14.3 Å². The van der Waals surface area contributed by atoms with Gasteiger partial charge in [0, 0.05) is 32.7 Å². The lowest BCUT2D eigenvalue weighted by Gasteiger charge is -2.33. The van der Waals surface area contributed by atoms with Crippen LogP contribution in [0.4, 0.5) is 0 Å². The van der Waals surface area contributed by atoms with E-state index in [1.54, 1.807) is 0 Å². The van der Waals surface area contributed by atoms with Gasteiger partial charge < -0.3 is 9.47 Å². The zero-order valence-electron chi connectivity index (χ0n) is 14.2. The van der Waals surface area contributed by atoms with Gasteiger partial charge in [-0.05, 0) is 18.9 Å². The number of hydrogen-bond acceptors (Lipinski definition) is 4. The molecular weight excluding hydrogens is 290 g/mol. The minimum Gasteiger partial charge on any atom is -0.432 e. The van der Waals surface area contributed by atoms with Crippen LogP contribution in [-0.2, 0) is 20.8 Å². The highest BCUT2D eigenvalue weighted by molar-refractivity contribution is 5.76. The summed E-state index contributed by atoms with van der Waals surface area (Å²) in [6.45, 7) is 7.25. The second-order valence-corrected chi connectivity index (χ2v) is 6.66. The van der Waals surface area contributed by atoms with Crippen molar-refractivity contribution >= 4 is 5.97 Å². The average molecular weight is 317 g/mol. The fourth-order valence-electron chi connectivity index (χ4n) is 3.97. The van der Waals surface area contributed by atoms with Crippen molar-refractivity contribution in [3.8, 4) is 0 Å². The Labute approximate surface area is 138 Å². The van der Waals surface area contributed by atoms with Crippen molar-refractivity contribution in [2.24, 2.45) is 11.8 Å². The molecule has 2 fully saturated rings. The van der Waals surface area contributed by atoms with Crippen molar-refractivity contribution in [1.82, 2.24) is 4.90 Å². The van der Waals surface area contributed by atoms with Crippen molar-refractivity contribution in [3.05, 3.63) is 35.9 Å². The maximum Gasteiger partial charge on any atom is 0.313 e. The Hall–Kier alpha value is -1.39. The Morgan fingerprint density at radius 2 is 2.04 bits per heavy atom. The van der Waals surface area contributed by atoms with Gasteiger partial charge in [0.2, 0.25) is 5.79 Å². The number of nitrogens with zero attached hydrogens (tertiary/aromatic N) is 1. The van der Waals surface area contributed by atoms with Gasteiger partial charge in [-0.1, -0.05) is 43.7 Å². The number of cyclic esters (lactones) is 1. The predicted octanol–water partition coefficient (Wildman–Crippen LogP) is 3.21. The van der Waals surface area contributed by atoms with Crippen LogP contribution in [0.1, 0.15) is 38.7 Å². The number of fused-ring (bicyclic) bond motifs is 1. The average Bonchev–Trinajstić information content (AvgIpc) is 3.07. The summed E-state index contributed by atoms with van der Waals surface area (Å²) in [6.07, 6.45) is 2.91. The molecule has 1 aromatic carbocycles. The molecule has 2 aliphatic rings. The molecule has 2 aliphatic heterocycles. The molecule has 4 nitrogen and oxygen atoms in total. The molecule has 3 atom stereocenters. The number of carbonyl (C=O) groups is 1. The van der Waals surface area contributed by atoms with Crippen molar-refractivity contribution in [1.29, 1.82) is 0 Å². The summed E-state index contributed by atoms with van der Waals surface area (Å²) < 4.78 is 11.8. The third-order valence-corrected chi connectivity index (χ3v) is 5.05. The molecule has 1 aromatic rings. The molecule has 2 saturated heterocycles. The molecule has 0 radical (unpaired) electrons. The van der Waals surface area contributed by atoms with E-state index >= 15 is 0 Å². The van der Waals surface area contributed by atoms with Crippen LogP contribution in [-0.4, -0.2) is 36.4 Å². The third kappa shape index (κ3) is 3.29. The summed E-state index contributed by atoms with van der Waals surface area (Å²) >= 11 is 0. The molecule has 2 heterocycles. The predicted molar refractivity (Wildman–Crippen MR) is 88.7 cm³/mol. The first kappa shape index (κ1) is 16.5. The van der Waals surface area contributed by atoms with Crippen molar-refractivity contribution in [3.63, 3.8) is 0 Å². The number of rotatable bonds is 7. The molecule has 23 heavy (non-hydrogen) atoms. The summed E-state index contributed by atoms with van der Waals surface area (Å²) in [5.74, 6) is -0.653. The number of carbonyl (C=O) groups excluding carboxylic acids is 1. The Kier molecular flexibility index (Phi) is 5.02. The summed E-state index contributed by atoms with van der Waals surface area (Å²) in [4.78, 5) is 14.7. The molecule has 0 unspecified atom stereocenters. The van der Waals surface area contributed by atoms with Gasteiger partial charge in [-0.15, -0.1) is 0 Å². The van der Waals surface area contributed by atoms with Crippen molar-refractivity contribution in [2.45, 2.75) is 45.4 Å². The molecule has 0 bridgehead atoms. The number of esters is 1. The monoisotopic (exact) mass is 317 g/mol. The summed E-state index contributed by atoms with van der Waals surface area (Å²) in [6, 6.07) is 10.4. The summed E-state index contributed by atoms with van der Waals surface area (Å²) in [7, 11) is 0. The lowest BCUT2D eigenvalue weighted by atomic mass is 9.88. The lowest BCUT2D eigenvalue weighted by Crippen LogP contribution is -2.42. The minimum atomic E-state index is -0.696. The molecule has 0 aliphatic carbocycles. The van der Waals surface area contributed by atoms with Gasteiger partial charge in [0.15, 0.2) is 0 Å². The van der Waals surface area contributed by atoms with Crippen LogP contribution in [0.25, 0.3) is 0 Å². The summed E-state index contributed by atoms with van der Waals surface area (Å²) in [5.41, 5.74) is 1.29. The van der Waals surface area contributed by atoms with Crippen LogP contribution in [0.5, 0.6) is 0 Å². The fraction of sp³-hybridized carbons (Fsp3) is 0.632. The second-order valence-electron chi connectivity index (χ2n) is 6.66. The smallest absolute Gasteiger partial charge is 0.313 e. The Balaban J connectivity index is 1.73. The first-order chi connectivity index (χ1) is 11.2. The van der Waals surface area contributed by atoms with Gasteiger partial charge in [-0.2, -0.15) is 0 Å². The highest BCUT2D eigenvalue weighted by Gasteiger charge is 2.59. The van der Waals surface area contributed by atoms with Crippen LogP contribution in [0, 0.1) is 11.8 Å². The van der Waals surface area contributed by atoms with Gasteiger partial charge >= 0.3 is 5.97 Å². The third-order valence-electron chi connectivity index (χ3n) is 5.05. The topological polar surface area (TPSA) is 38.8 Å². The molecule has 4 heteroatoms. The van der Waals surface area contributed by atoms with E-state index in [0.717, 1.165) is 38.9 Å². The Morgan fingerprint density at radius 1 is 1.26 bits per heavy atom. The van der Waals surface area contributed by atoms with Gasteiger partial charge in [0.1, 0.15) is 0 Å². The Bertz CT molecular complexity index is 533. The Morgan fingerprint density at radius 3 is 2.74 bits per heavy atom. The van der Waals surface area contributed by atoms with Crippen LogP contribution >= 0.6 is 0 Å². The molecule has 0 N–H and O–H groups in total. The molecule has 0 spiro atoms. The molecule has 126 valence electrons. The van der Waals surface area contributed by atoms with E-state index in [1.165, 1.54) is 5.56 Å². The van der Waals surface area contributed by atoms with Crippen molar-refractivity contribution in [2.75, 3.05) is 19.7 Å². The highest BCUT2D eigenvalue weighted by Crippen LogP contribution is 2.46. The normalized spacial score (nSPS) is 30.4. The molecule has 3 rings (SSSR count). The van der Waals surface area contributed by atoms with E-state index in [9.17, 15) is 4.79 Å². The zero-order chi connectivity index (χ0) is 16.3. The lowest BCUT2D eigenvalue weighted by molar-refractivity contribution is -0.231. The van der Waals surface area contributed by atoms with Crippen LogP contribution < -0.4 is 0 Å². The van der Waals surface area contributed by atoms with Crippen LogP contribution in [0.3, 0.4) is 0 Å². The standard InChI is InChI=1S/C19H27NO3/c1-3-5-11-19(22-4-2)17-14-20(13-16(17)18(21)23-19)12-15-9-7-6-8-10-15/h6-10,16-17H,3-5,11-14H2,1-2H3/t16-,17+,19-/m0/s1. The van der Waals surface area contributed by atoms with E-state index in [-0.39, 0.29) is 17.8 Å². The van der Waals surface area contributed by atoms with E-state index in [1.807, 2.05) is 13.0 Å². The first-order valence-corrected chi connectivity index (χ1v) is 8.81. The van der Waals surface area contributed by atoms with Crippen LogP contribution in [0.2, 0.25) is 0 Å². The first-order valence-electron chi connectivity index (χ1n) is 8.81. The van der Waals surface area contributed by atoms with Gasteiger partial charge in [-0.25, -0.2) is 0 Å². The fourth-order valence-corrected chi connectivity index (χ4v) is 3.97. The zero-order valence-corrected chi connectivity index (χ0v) is 14.2. The second kappa shape index (κ2) is 7.02. The number of hydrogen-bond donors (Lipinski definition) is 0. The number of likely N-dealkylation sites (tertiary alicyclic amines) is 1. The van der Waals surface area contributed by atoms with E-state index in [0.29, 0.717) is 6.61 Å². The van der Waals surface area contributed by atoms with Gasteiger partial charge in [0.25, 0.3) is 0 Å². The minimum absolute atomic E-state index is 0.0397. The van der Waals surface area contributed by atoms with Crippen LogP contribution in [0.15, 0.2) is 30.3 Å². The maximum absolute atomic E-state index is 12.4. The largest absolute Gasteiger partial charge is 0.432 e. The quantitative estimate of drug-likeness (QED) is 0.724. The van der Waals surface area contributed by atoms with Gasteiger partial charge in [0.05, 0.1) is 11.8 Å². The molecule has 0 amide bonds.